The lowest BCUT2D eigenvalue weighted by molar-refractivity contribution is -0.192. The highest BCUT2D eigenvalue weighted by atomic mass is 19.4. The summed E-state index contributed by atoms with van der Waals surface area (Å²) in [7, 11) is 0. The molecule has 5 nitrogen and oxygen atoms in total. The summed E-state index contributed by atoms with van der Waals surface area (Å²) in [5.74, 6) is -2.87. The number of hydrogen-bond donors (Lipinski definition) is 3. The maximum atomic E-state index is 10.6. The van der Waals surface area contributed by atoms with Crippen molar-refractivity contribution in [2.75, 3.05) is 6.54 Å². The van der Waals surface area contributed by atoms with Crippen LogP contribution in [0.4, 0.5) is 13.2 Å². The highest BCUT2D eigenvalue weighted by molar-refractivity contribution is 5.77. The fourth-order valence-electron chi connectivity index (χ4n) is 1.25. The maximum absolute atomic E-state index is 10.6. The van der Waals surface area contributed by atoms with E-state index < -0.39 is 12.1 Å². The van der Waals surface area contributed by atoms with Crippen molar-refractivity contribution in [3.05, 3.63) is 0 Å². The van der Waals surface area contributed by atoms with Crippen LogP contribution in [0.2, 0.25) is 0 Å². The first kappa shape index (κ1) is 14.7. The number of amides is 1. The maximum Gasteiger partial charge on any atom is 0.490 e. The molecule has 0 aromatic heterocycles. The largest absolute Gasteiger partial charge is 0.490 e. The number of alkyl halides is 3. The third kappa shape index (κ3) is 4.96. The first-order valence-corrected chi connectivity index (χ1v) is 4.49. The van der Waals surface area contributed by atoms with Crippen LogP contribution in [0.1, 0.15) is 13.3 Å². The van der Waals surface area contributed by atoms with E-state index in [1.807, 2.05) is 6.92 Å². The number of primary amides is 1. The van der Waals surface area contributed by atoms with E-state index >= 15 is 0 Å². The molecule has 1 heterocycles. The monoisotopic (exact) mass is 242 g/mol. The molecule has 0 saturated carbocycles. The third-order valence-electron chi connectivity index (χ3n) is 2.13. The zero-order valence-corrected chi connectivity index (χ0v) is 8.54. The number of carboxylic acid groups (broad SMARTS) is 1. The van der Waals surface area contributed by atoms with E-state index in [1.165, 1.54) is 0 Å². The number of carbonyl (C=O) groups is 2. The van der Waals surface area contributed by atoms with Gasteiger partial charge in [-0.3, -0.25) is 4.79 Å². The third-order valence-corrected chi connectivity index (χ3v) is 2.13. The molecule has 0 aromatic rings. The molecule has 2 atom stereocenters. The molecule has 0 radical (unpaired) electrons. The summed E-state index contributed by atoms with van der Waals surface area (Å²) < 4.78 is 31.7. The molecule has 94 valence electrons. The first-order chi connectivity index (χ1) is 7.16. The summed E-state index contributed by atoms with van der Waals surface area (Å²) in [6, 6.07) is 0.280. The molecule has 1 saturated heterocycles. The molecule has 1 rings (SSSR count). The van der Waals surface area contributed by atoms with E-state index in [0.717, 1.165) is 13.0 Å². The van der Waals surface area contributed by atoms with E-state index in [2.05, 4.69) is 5.32 Å². The summed E-state index contributed by atoms with van der Waals surface area (Å²) in [5.41, 5.74) is 5.11. The Morgan fingerprint density at radius 3 is 2.00 bits per heavy atom. The second-order valence-electron chi connectivity index (χ2n) is 3.34. The van der Waals surface area contributed by atoms with Crippen molar-refractivity contribution in [3.63, 3.8) is 0 Å². The number of hydrogen-bond acceptors (Lipinski definition) is 3. The Kier molecular flexibility index (Phi) is 5.22. The number of nitrogens with two attached hydrogens (primary N) is 1. The summed E-state index contributed by atoms with van der Waals surface area (Å²) in [5, 5.41) is 10.3. The molecule has 1 aliphatic heterocycles. The molecule has 1 aliphatic rings. The van der Waals surface area contributed by atoms with Crippen LogP contribution in [0.5, 0.6) is 0 Å². The van der Waals surface area contributed by atoms with Gasteiger partial charge in [0.05, 0.1) is 5.92 Å². The molecular weight excluding hydrogens is 229 g/mol. The van der Waals surface area contributed by atoms with Crippen LogP contribution in [0.15, 0.2) is 0 Å². The van der Waals surface area contributed by atoms with Crippen LogP contribution in [0, 0.1) is 5.92 Å². The van der Waals surface area contributed by atoms with Gasteiger partial charge in [0.25, 0.3) is 0 Å². The fraction of sp³-hybridized carbons (Fsp3) is 0.750. The minimum atomic E-state index is -5.08. The van der Waals surface area contributed by atoms with E-state index in [-0.39, 0.29) is 17.9 Å². The molecule has 2 unspecified atom stereocenters. The number of aliphatic carboxylic acids is 1. The normalized spacial score (nSPS) is 24.5. The number of carbonyl (C=O) groups excluding carboxylic acids is 1. The molecule has 0 aromatic carbocycles. The standard InChI is InChI=1S/C6H12N2O.C2HF3O2/c1-4-5(6(7)9)2-3-8-4;3-2(4,5)1(6)7/h4-5,8H,2-3H2,1H3,(H2,7,9);(H,6,7). The van der Waals surface area contributed by atoms with Crippen LogP contribution in [-0.4, -0.2) is 35.7 Å². The average Bonchev–Trinajstić information content (AvgIpc) is 2.50. The van der Waals surface area contributed by atoms with Gasteiger partial charge >= 0.3 is 12.1 Å². The second-order valence-corrected chi connectivity index (χ2v) is 3.34. The van der Waals surface area contributed by atoms with Gasteiger partial charge < -0.3 is 16.2 Å². The molecule has 0 aliphatic carbocycles. The van der Waals surface area contributed by atoms with E-state index in [0.29, 0.717) is 0 Å². The molecule has 0 spiro atoms. The highest BCUT2D eigenvalue weighted by Crippen LogP contribution is 2.13. The Labute approximate surface area is 89.8 Å². The lowest BCUT2D eigenvalue weighted by atomic mass is 10.0. The highest BCUT2D eigenvalue weighted by Gasteiger charge is 2.38. The summed E-state index contributed by atoms with van der Waals surface area (Å²) >= 11 is 0. The van der Waals surface area contributed by atoms with Gasteiger partial charge in [-0.25, -0.2) is 4.79 Å². The van der Waals surface area contributed by atoms with Crippen molar-refractivity contribution in [2.24, 2.45) is 11.7 Å². The Balaban J connectivity index is 0.000000293. The Morgan fingerprint density at radius 2 is 1.88 bits per heavy atom. The SMILES string of the molecule is CC1NCCC1C(N)=O.O=C(O)C(F)(F)F. The second kappa shape index (κ2) is 5.69. The molecule has 1 amide bonds. The van der Waals surface area contributed by atoms with Crippen molar-refractivity contribution in [3.8, 4) is 0 Å². The lowest BCUT2D eigenvalue weighted by Gasteiger charge is -2.08. The van der Waals surface area contributed by atoms with Gasteiger partial charge in [0.15, 0.2) is 0 Å². The quantitative estimate of drug-likeness (QED) is 0.608. The van der Waals surface area contributed by atoms with Gasteiger partial charge in [-0.1, -0.05) is 0 Å². The molecular formula is C8H13F3N2O3. The number of nitrogens with one attached hydrogen (secondary N) is 1. The van der Waals surface area contributed by atoms with Crippen LogP contribution >= 0.6 is 0 Å². The van der Waals surface area contributed by atoms with Gasteiger partial charge in [0.1, 0.15) is 0 Å². The number of carboxylic acids is 1. The smallest absolute Gasteiger partial charge is 0.475 e. The fourth-order valence-corrected chi connectivity index (χ4v) is 1.25. The molecule has 8 heteroatoms. The van der Waals surface area contributed by atoms with Crippen LogP contribution in [-0.2, 0) is 9.59 Å². The minimum absolute atomic E-state index is 0.0602. The molecule has 4 N–H and O–H groups in total. The summed E-state index contributed by atoms with van der Waals surface area (Å²) in [6.45, 7) is 2.91. The van der Waals surface area contributed by atoms with Crippen LogP contribution < -0.4 is 11.1 Å². The van der Waals surface area contributed by atoms with Crippen molar-refractivity contribution < 1.29 is 27.9 Å². The van der Waals surface area contributed by atoms with Crippen molar-refractivity contribution in [1.82, 2.24) is 5.32 Å². The zero-order chi connectivity index (χ0) is 12.9. The number of rotatable bonds is 1. The molecule has 0 bridgehead atoms. The van der Waals surface area contributed by atoms with Crippen LogP contribution in [0.3, 0.4) is 0 Å². The summed E-state index contributed by atoms with van der Waals surface area (Å²) in [6.07, 6.45) is -4.18. The van der Waals surface area contributed by atoms with Crippen molar-refractivity contribution in [2.45, 2.75) is 25.6 Å². The minimum Gasteiger partial charge on any atom is -0.475 e. The van der Waals surface area contributed by atoms with Gasteiger partial charge in [-0.05, 0) is 19.9 Å². The van der Waals surface area contributed by atoms with Crippen molar-refractivity contribution >= 4 is 11.9 Å². The number of halogens is 3. The molecule has 1 fully saturated rings. The average molecular weight is 242 g/mol. The predicted molar refractivity (Wildman–Crippen MR) is 48.5 cm³/mol. The zero-order valence-electron chi connectivity index (χ0n) is 8.54. The van der Waals surface area contributed by atoms with Gasteiger partial charge in [0.2, 0.25) is 5.91 Å². The molecule has 16 heavy (non-hydrogen) atoms. The van der Waals surface area contributed by atoms with Crippen molar-refractivity contribution in [1.29, 1.82) is 0 Å². The Hall–Kier alpha value is -1.31. The van der Waals surface area contributed by atoms with Gasteiger partial charge in [-0.2, -0.15) is 13.2 Å². The Morgan fingerprint density at radius 1 is 1.44 bits per heavy atom. The van der Waals surface area contributed by atoms with E-state index in [4.69, 9.17) is 15.6 Å². The topological polar surface area (TPSA) is 92.4 Å². The first-order valence-electron chi connectivity index (χ1n) is 4.49. The summed E-state index contributed by atoms with van der Waals surface area (Å²) in [4.78, 5) is 19.5. The lowest BCUT2D eigenvalue weighted by Crippen LogP contribution is -2.32. The van der Waals surface area contributed by atoms with E-state index in [9.17, 15) is 18.0 Å². The Bertz CT molecular complexity index is 268. The van der Waals surface area contributed by atoms with E-state index in [1.54, 1.807) is 0 Å². The van der Waals surface area contributed by atoms with Gasteiger partial charge in [0, 0.05) is 6.04 Å². The van der Waals surface area contributed by atoms with Crippen LogP contribution in [0.25, 0.3) is 0 Å². The van der Waals surface area contributed by atoms with Gasteiger partial charge in [-0.15, -0.1) is 0 Å². The predicted octanol–water partition coefficient (Wildman–Crippen LogP) is 0.103.